The molecule has 2 aromatic rings. The van der Waals surface area contributed by atoms with Crippen molar-refractivity contribution >= 4 is 18.3 Å². The average Bonchev–Trinajstić information content (AvgIpc) is 3.23. The molecule has 1 aliphatic heterocycles. The van der Waals surface area contributed by atoms with Gasteiger partial charge in [-0.25, -0.2) is 9.07 Å². The number of carbonyl (C=O) groups is 1. The zero-order valence-electron chi connectivity index (χ0n) is 14.2. The Morgan fingerprint density at radius 3 is 2.92 bits per heavy atom. The molecule has 0 saturated carbocycles. The van der Waals surface area contributed by atoms with Crippen molar-refractivity contribution in [3.63, 3.8) is 0 Å². The van der Waals surface area contributed by atoms with Gasteiger partial charge in [0, 0.05) is 26.1 Å². The van der Waals surface area contributed by atoms with Crippen molar-refractivity contribution in [3.8, 4) is 0 Å². The summed E-state index contributed by atoms with van der Waals surface area (Å²) < 4.78 is 15.0. The van der Waals surface area contributed by atoms with Crippen LogP contribution < -0.4 is 5.32 Å². The minimum atomic E-state index is -0.590. The average molecular weight is 369 g/mol. The number of aryl methyl sites for hydroxylation is 1. The van der Waals surface area contributed by atoms with Gasteiger partial charge in [-0.3, -0.25) is 4.79 Å². The molecule has 25 heavy (non-hydrogen) atoms. The quantitative estimate of drug-likeness (QED) is 0.856. The molecule has 1 fully saturated rings. The van der Waals surface area contributed by atoms with E-state index in [1.807, 2.05) is 0 Å². The van der Waals surface area contributed by atoms with Gasteiger partial charge in [0.1, 0.15) is 17.7 Å². The van der Waals surface area contributed by atoms with Crippen LogP contribution >= 0.6 is 12.4 Å². The molecule has 2 atom stereocenters. The number of hydrogen-bond acceptors (Lipinski definition) is 5. The van der Waals surface area contributed by atoms with Crippen LogP contribution in [0.2, 0.25) is 0 Å². The summed E-state index contributed by atoms with van der Waals surface area (Å²) >= 11 is 0. The number of amides is 1. The van der Waals surface area contributed by atoms with Crippen molar-refractivity contribution in [1.82, 2.24) is 30.4 Å². The lowest BCUT2D eigenvalue weighted by Gasteiger charge is -2.28. The zero-order valence-corrected chi connectivity index (χ0v) is 15.0. The van der Waals surface area contributed by atoms with Gasteiger partial charge in [0.25, 0.3) is 0 Å². The van der Waals surface area contributed by atoms with Crippen molar-refractivity contribution in [2.45, 2.75) is 31.8 Å². The topological polar surface area (TPSA) is 75.9 Å². The van der Waals surface area contributed by atoms with Crippen molar-refractivity contribution < 1.29 is 9.18 Å². The van der Waals surface area contributed by atoms with Gasteiger partial charge in [0.05, 0.1) is 0 Å². The summed E-state index contributed by atoms with van der Waals surface area (Å²) in [6, 6.07) is 5.84. The molecule has 2 heterocycles. The normalized spacial score (nSPS) is 17.8. The molecule has 1 N–H and O–H groups in total. The number of halogens is 2. The third-order valence-electron chi connectivity index (χ3n) is 4.49. The van der Waals surface area contributed by atoms with Crippen molar-refractivity contribution in [3.05, 3.63) is 41.5 Å². The maximum Gasteiger partial charge on any atom is 0.247 e. The number of benzene rings is 1. The van der Waals surface area contributed by atoms with Gasteiger partial charge in [-0.1, -0.05) is 12.1 Å². The minimum absolute atomic E-state index is 0. The Balaban J connectivity index is 0.00000225. The molecule has 0 radical (unpaired) electrons. The highest BCUT2D eigenvalue weighted by molar-refractivity contribution is 5.85. The predicted octanol–water partition coefficient (Wildman–Crippen LogP) is 1.15. The first-order chi connectivity index (χ1) is 11.6. The predicted molar refractivity (Wildman–Crippen MR) is 93.0 cm³/mol. The van der Waals surface area contributed by atoms with E-state index >= 15 is 0 Å². The number of nitrogens with zero attached hydrogens (tertiary/aromatic N) is 5. The Morgan fingerprint density at radius 1 is 1.52 bits per heavy atom. The molecule has 2 unspecified atom stereocenters. The molecule has 3 rings (SSSR count). The second kappa shape index (κ2) is 8.35. The van der Waals surface area contributed by atoms with Crippen LogP contribution in [-0.4, -0.2) is 57.2 Å². The van der Waals surface area contributed by atoms with E-state index in [1.54, 1.807) is 31.0 Å². The van der Waals surface area contributed by atoms with Crippen molar-refractivity contribution in [1.29, 1.82) is 0 Å². The Kier molecular flexibility index (Phi) is 6.44. The molecular formula is C16H22ClFN6O. The lowest BCUT2D eigenvalue weighted by molar-refractivity contribution is -0.135. The number of carbonyl (C=O) groups excluding carboxylic acids is 1. The number of aromatic nitrogens is 4. The van der Waals surface area contributed by atoms with Crippen LogP contribution in [0.4, 0.5) is 4.39 Å². The van der Waals surface area contributed by atoms with Crippen molar-refractivity contribution in [2.24, 2.45) is 0 Å². The van der Waals surface area contributed by atoms with Crippen LogP contribution in [0.1, 0.15) is 23.9 Å². The second-order valence-corrected chi connectivity index (χ2v) is 6.12. The summed E-state index contributed by atoms with van der Waals surface area (Å²) in [4.78, 5) is 14.8. The molecule has 1 aliphatic rings. The molecule has 9 heteroatoms. The lowest BCUT2D eigenvalue weighted by atomic mass is 10.0. The van der Waals surface area contributed by atoms with Crippen LogP contribution in [0.15, 0.2) is 24.3 Å². The van der Waals surface area contributed by atoms with Gasteiger partial charge >= 0.3 is 0 Å². The molecule has 1 aromatic heterocycles. The molecule has 1 aromatic carbocycles. The van der Waals surface area contributed by atoms with Crippen LogP contribution in [-0.2, 0) is 11.2 Å². The maximum atomic E-state index is 13.5. The molecule has 0 bridgehead atoms. The van der Waals surface area contributed by atoms with E-state index in [-0.39, 0.29) is 30.2 Å². The first kappa shape index (κ1) is 19.3. The fourth-order valence-corrected chi connectivity index (χ4v) is 3.08. The van der Waals surface area contributed by atoms with Crippen LogP contribution in [0.3, 0.4) is 0 Å². The SMILES string of the molecule is Cc1nnnn1C(Cc1cccc(F)c1)C(=O)N(C)C1CCNC1.Cl. The van der Waals surface area contributed by atoms with Gasteiger partial charge < -0.3 is 10.2 Å². The van der Waals surface area contributed by atoms with Crippen molar-refractivity contribution in [2.75, 3.05) is 20.1 Å². The van der Waals surface area contributed by atoms with Crippen LogP contribution in [0.5, 0.6) is 0 Å². The third-order valence-corrected chi connectivity index (χ3v) is 4.49. The molecule has 1 amide bonds. The van der Waals surface area contributed by atoms with E-state index in [2.05, 4.69) is 20.8 Å². The van der Waals surface area contributed by atoms with E-state index in [0.717, 1.165) is 25.1 Å². The highest BCUT2D eigenvalue weighted by Crippen LogP contribution is 2.20. The number of likely N-dealkylation sites (N-methyl/N-ethyl adjacent to an activating group) is 1. The fourth-order valence-electron chi connectivity index (χ4n) is 3.08. The lowest BCUT2D eigenvalue weighted by Crippen LogP contribution is -2.43. The minimum Gasteiger partial charge on any atom is -0.340 e. The van der Waals surface area contributed by atoms with E-state index in [9.17, 15) is 9.18 Å². The van der Waals surface area contributed by atoms with Gasteiger partial charge in [0.15, 0.2) is 0 Å². The van der Waals surface area contributed by atoms with Gasteiger partial charge in [-0.15, -0.1) is 17.5 Å². The zero-order chi connectivity index (χ0) is 17.1. The highest BCUT2D eigenvalue weighted by atomic mass is 35.5. The largest absolute Gasteiger partial charge is 0.340 e. The smallest absolute Gasteiger partial charge is 0.247 e. The van der Waals surface area contributed by atoms with E-state index in [1.165, 1.54) is 16.8 Å². The maximum absolute atomic E-state index is 13.5. The van der Waals surface area contributed by atoms with E-state index in [4.69, 9.17) is 0 Å². The third kappa shape index (κ3) is 4.32. The summed E-state index contributed by atoms with van der Waals surface area (Å²) in [5.74, 6) is 0.173. The summed E-state index contributed by atoms with van der Waals surface area (Å²) in [5, 5.41) is 14.8. The molecule has 136 valence electrons. The fraction of sp³-hybridized carbons (Fsp3) is 0.500. The van der Waals surface area contributed by atoms with Gasteiger partial charge in [-0.05, 0) is 48.0 Å². The molecule has 0 aliphatic carbocycles. The Morgan fingerprint density at radius 2 is 2.32 bits per heavy atom. The van der Waals surface area contributed by atoms with Crippen LogP contribution in [0, 0.1) is 12.7 Å². The summed E-state index contributed by atoms with van der Waals surface area (Å²) in [6.45, 7) is 3.44. The van der Waals surface area contributed by atoms with Gasteiger partial charge in [0.2, 0.25) is 5.91 Å². The Hall–Kier alpha value is -2.06. The molecule has 1 saturated heterocycles. The Bertz CT molecular complexity index is 718. The number of nitrogens with one attached hydrogen (secondary N) is 1. The van der Waals surface area contributed by atoms with Crippen LogP contribution in [0.25, 0.3) is 0 Å². The molecule has 0 spiro atoms. The summed E-state index contributed by atoms with van der Waals surface area (Å²) in [6.07, 6.45) is 1.26. The van der Waals surface area contributed by atoms with E-state index in [0.29, 0.717) is 12.2 Å². The molecular weight excluding hydrogens is 347 g/mol. The Labute approximate surface area is 152 Å². The van der Waals surface area contributed by atoms with Gasteiger partial charge in [-0.2, -0.15) is 0 Å². The monoisotopic (exact) mass is 368 g/mol. The first-order valence-corrected chi connectivity index (χ1v) is 8.02. The standard InChI is InChI=1S/C16H21FN6O.ClH/c1-11-19-20-21-23(11)15(9-12-4-3-5-13(17)8-12)16(24)22(2)14-6-7-18-10-14;/h3-5,8,14-15,18H,6-7,9-10H2,1-2H3;1H. The summed E-state index contributed by atoms with van der Waals surface area (Å²) in [5.41, 5.74) is 0.737. The number of tetrazole rings is 1. The summed E-state index contributed by atoms with van der Waals surface area (Å²) in [7, 11) is 1.80. The molecule has 7 nitrogen and oxygen atoms in total. The number of hydrogen-bond donors (Lipinski definition) is 1. The first-order valence-electron chi connectivity index (χ1n) is 8.02. The van der Waals surface area contributed by atoms with E-state index < -0.39 is 6.04 Å². The second-order valence-electron chi connectivity index (χ2n) is 6.12. The number of rotatable bonds is 5. The highest BCUT2D eigenvalue weighted by Gasteiger charge is 2.31.